The first-order chi connectivity index (χ1) is 19.0. The molecule has 0 radical (unpaired) electrons. The van der Waals surface area contributed by atoms with Crippen LogP contribution in [0.25, 0.3) is 42.2 Å². The van der Waals surface area contributed by atoms with Crippen molar-refractivity contribution in [2.45, 2.75) is 78.3 Å². The topological polar surface area (TPSA) is 74.0 Å². The van der Waals surface area contributed by atoms with Gasteiger partial charge in [-0.15, -0.1) is 45.3 Å². The summed E-state index contributed by atoms with van der Waals surface area (Å²) >= 11 is 7.09. The number of nitrogens with two attached hydrogens (primary N) is 2. The largest absolute Gasteiger partial charge is 0.321 e. The van der Waals surface area contributed by atoms with E-state index < -0.39 is 5.54 Å². The normalized spacial score (nSPS) is 13.0. The summed E-state index contributed by atoms with van der Waals surface area (Å²) in [5.74, 6) is 0. The molecule has 4 nitrogen and oxygen atoms in total. The molecule has 212 valence electrons. The summed E-state index contributed by atoms with van der Waals surface area (Å²) in [5.41, 5.74) is 16.4. The van der Waals surface area contributed by atoms with Gasteiger partial charge in [0.25, 0.3) is 5.56 Å². The molecule has 40 heavy (non-hydrogen) atoms. The van der Waals surface area contributed by atoms with Crippen LogP contribution in [-0.2, 0) is 18.1 Å². The average Bonchev–Trinajstić information content (AvgIpc) is 3.74. The molecule has 5 aromatic rings. The van der Waals surface area contributed by atoms with E-state index in [0.717, 1.165) is 46.2 Å². The average molecular weight is 610 g/mol. The van der Waals surface area contributed by atoms with Gasteiger partial charge in [-0.25, -0.2) is 0 Å². The first-order valence-electron chi connectivity index (χ1n) is 14.0. The highest BCUT2D eigenvalue weighted by molar-refractivity contribution is 7.30. The molecule has 0 unspecified atom stereocenters. The van der Waals surface area contributed by atoms with E-state index in [0.29, 0.717) is 0 Å². The molecular weight excluding hydrogens is 571 g/mol. The highest BCUT2D eigenvalue weighted by Gasteiger charge is 2.28. The van der Waals surface area contributed by atoms with Gasteiger partial charge in [0.15, 0.2) is 0 Å². The molecule has 0 bridgehead atoms. The molecule has 0 saturated carbocycles. The zero-order valence-corrected chi connectivity index (χ0v) is 27.7. The van der Waals surface area contributed by atoms with E-state index >= 15 is 0 Å². The quantitative estimate of drug-likeness (QED) is 0.175. The number of nitrogens with zero attached hydrogens (tertiary/aromatic N) is 1. The zero-order chi connectivity index (χ0) is 29.0. The predicted octanol–water partition coefficient (Wildman–Crippen LogP) is 9.34. The molecule has 5 rings (SSSR count). The van der Waals surface area contributed by atoms with Crippen molar-refractivity contribution in [3.63, 3.8) is 0 Å². The van der Waals surface area contributed by atoms with Crippen LogP contribution in [0.15, 0.2) is 29.1 Å². The third-order valence-electron chi connectivity index (χ3n) is 8.59. The number of aryl methyl sites for hydroxylation is 3. The fourth-order valence-corrected chi connectivity index (χ4v) is 10.4. The lowest BCUT2D eigenvalue weighted by Gasteiger charge is -2.25. The van der Waals surface area contributed by atoms with Gasteiger partial charge in [-0.05, 0) is 87.1 Å². The summed E-state index contributed by atoms with van der Waals surface area (Å²) in [6, 6.07) is 8.76. The first-order valence-corrected chi connectivity index (χ1v) is 17.3. The highest BCUT2D eigenvalue weighted by atomic mass is 32.1. The third kappa shape index (κ3) is 4.86. The number of fused-ring (bicyclic) bond motifs is 3. The number of hydrogen-bond donors (Lipinski definition) is 2. The molecule has 0 aliphatic carbocycles. The first kappa shape index (κ1) is 29.4. The summed E-state index contributed by atoms with van der Waals surface area (Å²) in [7, 11) is 1.88. The molecular formula is C32H39N3OS4. The fraction of sp³-hybridized carbons (Fsp3) is 0.406. The van der Waals surface area contributed by atoms with Crippen LogP contribution >= 0.6 is 45.3 Å². The Morgan fingerprint density at radius 1 is 0.725 bits per heavy atom. The van der Waals surface area contributed by atoms with Crippen molar-refractivity contribution in [1.82, 2.24) is 4.57 Å². The molecule has 0 saturated heterocycles. The lowest BCUT2D eigenvalue weighted by Crippen LogP contribution is -2.34. The Morgan fingerprint density at radius 3 is 1.85 bits per heavy atom. The summed E-state index contributed by atoms with van der Waals surface area (Å²) in [4.78, 5) is 20.6. The predicted molar refractivity (Wildman–Crippen MR) is 181 cm³/mol. The summed E-state index contributed by atoms with van der Waals surface area (Å²) in [6.45, 7) is 12.9. The zero-order valence-electron chi connectivity index (χ0n) is 24.4. The van der Waals surface area contributed by atoms with Crippen LogP contribution in [0, 0.1) is 13.8 Å². The molecule has 5 aromatic heterocycles. The van der Waals surface area contributed by atoms with Crippen molar-refractivity contribution >= 4 is 77.8 Å². The van der Waals surface area contributed by atoms with Gasteiger partial charge in [-0.3, -0.25) is 4.79 Å². The smallest absolute Gasteiger partial charge is 0.259 e. The minimum atomic E-state index is -0.395. The lowest BCUT2D eigenvalue weighted by molar-refractivity contribution is 0.421. The van der Waals surface area contributed by atoms with Gasteiger partial charge in [0.05, 0.1) is 20.3 Å². The fourth-order valence-electron chi connectivity index (χ4n) is 5.21. The molecule has 0 amide bonds. The lowest BCUT2D eigenvalue weighted by atomic mass is 9.92. The van der Waals surface area contributed by atoms with Crippen molar-refractivity contribution in [3.05, 3.63) is 65.3 Å². The molecule has 0 aliphatic rings. The Labute approximate surface area is 253 Å². The number of aromatic nitrogens is 1. The van der Waals surface area contributed by atoms with Crippen molar-refractivity contribution in [3.8, 4) is 9.75 Å². The van der Waals surface area contributed by atoms with Gasteiger partial charge in [0.2, 0.25) is 0 Å². The van der Waals surface area contributed by atoms with Gasteiger partial charge in [-0.1, -0.05) is 27.7 Å². The van der Waals surface area contributed by atoms with E-state index in [1.54, 1.807) is 38.6 Å². The van der Waals surface area contributed by atoms with Gasteiger partial charge in [-0.2, -0.15) is 0 Å². The maximum absolute atomic E-state index is 13.3. The van der Waals surface area contributed by atoms with Gasteiger partial charge >= 0.3 is 0 Å². The molecule has 0 atom stereocenters. The number of thiophene rings is 4. The number of hydrogen-bond acceptors (Lipinski definition) is 7. The van der Waals surface area contributed by atoms with Crippen LogP contribution in [0.2, 0.25) is 0 Å². The van der Waals surface area contributed by atoms with Gasteiger partial charge in [0.1, 0.15) is 0 Å². The number of rotatable bonds is 9. The summed E-state index contributed by atoms with van der Waals surface area (Å²) in [5, 5.41) is 0.782. The molecule has 0 aromatic carbocycles. The van der Waals surface area contributed by atoms with E-state index in [2.05, 4.69) is 71.9 Å². The molecule has 4 N–H and O–H groups in total. The Bertz CT molecular complexity index is 1780. The van der Waals surface area contributed by atoms with Crippen molar-refractivity contribution in [2.75, 3.05) is 0 Å². The second kappa shape index (κ2) is 11.0. The third-order valence-corrected chi connectivity index (χ3v) is 14.1. The number of pyridine rings is 1. The van der Waals surface area contributed by atoms with Crippen LogP contribution in [0.1, 0.15) is 84.0 Å². The maximum Gasteiger partial charge on any atom is 0.259 e. The second-order valence-corrected chi connectivity index (χ2v) is 15.2. The van der Waals surface area contributed by atoms with E-state index in [-0.39, 0.29) is 11.1 Å². The monoisotopic (exact) mass is 609 g/mol. The Kier molecular flexibility index (Phi) is 8.07. The molecule has 5 heterocycles. The van der Waals surface area contributed by atoms with E-state index in [9.17, 15) is 4.79 Å². The van der Waals surface area contributed by atoms with Gasteiger partial charge < -0.3 is 16.0 Å². The van der Waals surface area contributed by atoms with E-state index in [1.807, 2.05) is 24.5 Å². The Morgan fingerprint density at radius 2 is 1.25 bits per heavy atom. The van der Waals surface area contributed by atoms with Crippen LogP contribution in [0.3, 0.4) is 0 Å². The second-order valence-electron chi connectivity index (χ2n) is 10.9. The van der Waals surface area contributed by atoms with Crippen LogP contribution in [-0.4, -0.2) is 4.57 Å². The Balaban J connectivity index is 1.53. The summed E-state index contributed by atoms with van der Waals surface area (Å²) in [6.07, 6.45) is 8.04. The minimum Gasteiger partial charge on any atom is -0.321 e. The van der Waals surface area contributed by atoms with Gasteiger partial charge in [0, 0.05) is 47.4 Å². The van der Waals surface area contributed by atoms with Crippen molar-refractivity contribution in [2.24, 2.45) is 18.5 Å². The minimum absolute atomic E-state index is 0.0493. The molecule has 8 heteroatoms. The van der Waals surface area contributed by atoms with Crippen LogP contribution < -0.4 is 17.0 Å². The van der Waals surface area contributed by atoms with Crippen LogP contribution in [0.5, 0.6) is 0 Å². The Hall–Kier alpha value is -2.07. The highest BCUT2D eigenvalue weighted by Crippen LogP contribution is 2.44. The van der Waals surface area contributed by atoms with Crippen LogP contribution in [0.4, 0.5) is 0 Å². The molecule has 0 aliphatic heterocycles. The SMILES string of the molecule is CCC(N)(CC)c1cc(C)c(C=Cc2sc(-c3cc4c(s3)c3sc(C(N)(CC)CC)cc3c(=O)n4C)cc2C)s1. The van der Waals surface area contributed by atoms with E-state index in [1.165, 1.54) is 40.2 Å². The van der Waals surface area contributed by atoms with Crippen molar-refractivity contribution in [1.29, 1.82) is 0 Å². The molecule has 0 fully saturated rings. The summed E-state index contributed by atoms with van der Waals surface area (Å²) < 4.78 is 4.03. The molecule has 0 spiro atoms. The maximum atomic E-state index is 13.3. The standard InChI is InChI=1S/C32H39N3OS4/c1-8-31(33,9-2)26-15-19(6)23(38-26)13-12-22-18(5)14-24(37-22)25-17-21-29(39-25)28-20(30(36)35(21)7)16-27(40-28)32(34,10-3)11-4/h12-17H,8-11,33-34H2,1-7H3. The van der Waals surface area contributed by atoms with Crippen molar-refractivity contribution < 1.29 is 0 Å². The van der Waals surface area contributed by atoms with E-state index in [4.69, 9.17) is 11.5 Å².